The highest BCUT2D eigenvalue weighted by molar-refractivity contribution is 5.90. The Labute approximate surface area is 137 Å². The van der Waals surface area contributed by atoms with E-state index in [0.29, 0.717) is 5.92 Å². The summed E-state index contributed by atoms with van der Waals surface area (Å²) in [5.74, 6) is 0.476. The maximum absolute atomic E-state index is 12.4. The van der Waals surface area contributed by atoms with Crippen molar-refractivity contribution < 1.29 is 4.79 Å². The van der Waals surface area contributed by atoms with Crippen LogP contribution in [0.3, 0.4) is 0 Å². The minimum absolute atomic E-state index is 0.0844. The lowest BCUT2D eigenvalue weighted by Crippen LogP contribution is -2.42. The van der Waals surface area contributed by atoms with Gasteiger partial charge in [0.05, 0.1) is 5.69 Å². The van der Waals surface area contributed by atoms with E-state index in [2.05, 4.69) is 34.1 Å². The van der Waals surface area contributed by atoms with Crippen LogP contribution in [0.5, 0.6) is 0 Å². The zero-order valence-electron chi connectivity index (χ0n) is 14.2. The Hall–Kier alpha value is -2.21. The maximum Gasteiger partial charge on any atom is 0.291 e. The molecule has 2 aromatic rings. The molecule has 0 bridgehead atoms. The lowest BCUT2D eigenvalue weighted by molar-refractivity contribution is 0.0914. The van der Waals surface area contributed by atoms with Gasteiger partial charge in [0, 0.05) is 12.6 Å². The van der Waals surface area contributed by atoms with Crippen LogP contribution >= 0.6 is 0 Å². The molecule has 1 aromatic heterocycles. The molecule has 1 unspecified atom stereocenters. The largest absolute Gasteiger partial charge is 0.345 e. The predicted molar refractivity (Wildman–Crippen MR) is 90.6 cm³/mol. The first-order chi connectivity index (χ1) is 11.0. The molecule has 124 valence electrons. The third-order valence-electron chi connectivity index (χ3n) is 3.39. The van der Waals surface area contributed by atoms with Crippen LogP contribution in [0.25, 0.3) is 5.69 Å². The van der Waals surface area contributed by atoms with E-state index in [1.54, 1.807) is 11.0 Å². The second kappa shape index (κ2) is 7.87. The van der Waals surface area contributed by atoms with E-state index < -0.39 is 0 Å². The number of hydrogen-bond donors (Lipinski definition) is 1. The molecule has 1 atom stereocenters. The van der Waals surface area contributed by atoms with E-state index in [1.807, 2.05) is 44.4 Å². The average molecular weight is 315 g/mol. The van der Waals surface area contributed by atoms with Crippen molar-refractivity contribution in [2.75, 3.05) is 20.6 Å². The van der Waals surface area contributed by atoms with E-state index in [4.69, 9.17) is 0 Å². The number of nitrogens with one attached hydrogen (secondary N) is 1. The Morgan fingerprint density at radius 1 is 1.26 bits per heavy atom. The summed E-state index contributed by atoms with van der Waals surface area (Å²) < 4.78 is 1.61. The fourth-order valence-electron chi connectivity index (χ4n) is 2.51. The minimum Gasteiger partial charge on any atom is -0.345 e. The lowest BCUT2D eigenvalue weighted by atomic mass is 10.0. The number of amides is 1. The fraction of sp³-hybridized carbons (Fsp3) is 0.471. The molecule has 1 aromatic carbocycles. The van der Waals surface area contributed by atoms with Crippen molar-refractivity contribution >= 4 is 5.91 Å². The third kappa shape index (κ3) is 5.17. The predicted octanol–water partition coefficient (Wildman–Crippen LogP) is 1.97. The van der Waals surface area contributed by atoms with Gasteiger partial charge in [0.25, 0.3) is 5.91 Å². The zero-order valence-corrected chi connectivity index (χ0v) is 14.2. The van der Waals surface area contributed by atoms with Gasteiger partial charge in [-0.25, -0.2) is 9.67 Å². The molecular weight excluding hydrogens is 290 g/mol. The average Bonchev–Trinajstić information content (AvgIpc) is 2.96. The maximum atomic E-state index is 12.4. The smallest absolute Gasteiger partial charge is 0.291 e. The summed E-state index contributed by atoms with van der Waals surface area (Å²) in [6, 6.07) is 9.71. The molecule has 1 N–H and O–H groups in total. The Balaban J connectivity index is 2.06. The summed E-state index contributed by atoms with van der Waals surface area (Å²) in [6.45, 7) is 5.09. The van der Waals surface area contributed by atoms with Crippen molar-refractivity contribution in [1.82, 2.24) is 25.0 Å². The molecule has 2 rings (SSSR count). The molecule has 0 spiro atoms. The van der Waals surface area contributed by atoms with Gasteiger partial charge < -0.3 is 10.2 Å². The first-order valence-corrected chi connectivity index (χ1v) is 7.88. The molecule has 0 aliphatic carbocycles. The van der Waals surface area contributed by atoms with Crippen molar-refractivity contribution in [2.45, 2.75) is 26.3 Å². The molecule has 0 saturated heterocycles. The number of nitrogens with zero attached hydrogens (tertiary/aromatic N) is 4. The second-order valence-electron chi connectivity index (χ2n) is 6.41. The Morgan fingerprint density at radius 2 is 1.96 bits per heavy atom. The van der Waals surface area contributed by atoms with E-state index in [9.17, 15) is 4.79 Å². The van der Waals surface area contributed by atoms with Gasteiger partial charge in [-0.05, 0) is 38.6 Å². The number of likely N-dealkylation sites (N-methyl/N-ethyl adjacent to an activating group) is 1. The van der Waals surface area contributed by atoms with E-state index >= 15 is 0 Å². The molecule has 0 radical (unpaired) electrons. The summed E-state index contributed by atoms with van der Waals surface area (Å²) in [5, 5.41) is 7.31. The fourth-order valence-corrected chi connectivity index (χ4v) is 2.51. The molecule has 6 heteroatoms. The van der Waals surface area contributed by atoms with Crippen LogP contribution in [0.2, 0.25) is 0 Å². The van der Waals surface area contributed by atoms with Gasteiger partial charge in [0.2, 0.25) is 5.82 Å². The highest BCUT2D eigenvalue weighted by atomic mass is 16.2. The molecule has 0 fully saturated rings. The van der Waals surface area contributed by atoms with Gasteiger partial charge >= 0.3 is 0 Å². The molecule has 1 heterocycles. The number of carbonyl (C=O) groups is 1. The molecule has 6 nitrogen and oxygen atoms in total. The highest BCUT2D eigenvalue weighted by Crippen LogP contribution is 2.08. The number of aromatic nitrogens is 3. The lowest BCUT2D eigenvalue weighted by Gasteiger charge is -2.23. The van der Waals surface area contributed by atoms with Gasteiger partial charge in [0.1, 0.15) is 6.33 Å². The van der Waals surface area contributed by atoms with Crippen LogP contribution in [0.15, 0.2) is 36.7 Å². The molecule has 1 amide bonds. The summed E-state index contributed by atoms with van der Waals surface area (Å²) in [5.41, 5.74) is 0.881. The summed E-state index contributed by atoms with van der Waals surface area (Å²) >= 11 is 0. The van der Waals surface area contributed by atoms with Crippen molar-refractivity contribution in [2.24, 2.45) is 5.92 Å². The van der Waals surface area contributed by atoms with Crippen molar-refractivity contribution in [3.8, 4) is 5.69 Å². The molecule has 23 heavy (non-hydrogen) atoms. The Kier molecular flexibility index (Phi) is 5.87. The topological polar surface area (TPSA) is 63.1 Å². The quantitative estimate of drug-likeness (QED) is 0.848. The first kappa shape index (κ1) is 17.1. The van der Waals surface area contributed by atoms with E-state index in [1.165, 1.54) is 0 Å². The van der Waals surface area contributed by atoms with E-state index in [-0.39, 0.29) is 17.8 Å². The first-order valence-electron chi connectivity index (χ1n) is 7.88. The standard InChI is InChI=1S/C17H25N5O/c1-13(2)10-14(11-21(3)4)19-17(23)16-18-12-22(20-16)15-8-6-5-7-9-15/h5-9,12-14H,10-11H2,1-4H3,(H,19,23). The molecular formula is C17H25N5O. The monoisotopic (exact) mass is 315 g/mol. The SMILES string of the molecule is CC(C)CC(CN(C)C)NC(=O)c1ncn(-c2ccccc2)n1. The van der Waals surface area contributed by atoms with E-state index in [0.717, 1.165) is 18.7 Å². The van der Waals surface area contributed by atoms with Crippen LogP contribution < -0.4 is 5.32 Å². The molecule has 0 aliphatic rings. The number of rotatable bonds is 7. The van der Waals surface area contributed by atoms with Gasteiger partial charge in [-0.2, -0.15) is 0 Å². The Bertz CT molecular complexity index is 611. The summed E-state index contributed by atoms with van der Waals surface area (Å²) in [4.78, 5) is 18.6. The molecule has 0 saturated carbocycles. The third-order valence-corrected chi connectivity index (χ3v) is 3.39. The number of para-hydroxylation sites is 1. The van der Waals surface area contributed by atoms with Crippen LogP contribution in [0, 0.1) is 5.92 Å². The van der Waals surface area contributed by atoms with Gasteiger partial charge in [-0.15, -0.1) is 5.10 Å². The van der Waals surface area contributed by atoms with Crippen LogP contribution in [-0.4, -0.2) is 52.3 Å². The summed E-state index contributed by atoms with van der Waals surface area (Å²) in [7, 11) is 4.00. The minimum atomic E-state index is -0.229. The number of carbonyl (C=O) groups excluding carboxylic acids is 1. The molecule has 0 aliphatic heterocycles. The number of benzene rings is 1. The van der Waals surface area contributed by atoms with Crippen LogP contribution in [0.1, 0.15) is 30.9 Å². The van der Waals surface area contributed by atoms with Crippen molar-refractivity contribution in [3.05, 3.63) is 42.5 Å². The van der Waals surface area contributed by atoms with Gasteiger partial charge in [0.15, 0.2) is 0 Å². The normalized spacial score (nSPS) is 12.6. The number of hydrogen-bond acceptors (Lipinski definition) is 4. The zero-order chi connectivity index (χ0) is 16.8. The van der Waals surface area contributed by atoms with Crippen LogP contribution in [0.4, 0.5) is 0 Å². The van der Waals surface area contributed by atoms with Gasteiger partial charge in [-0.3, -0.25) is 4.79 Å². The van der Waals surface area contributed by atoms with Crippen molar-refractivity contribution in [3.63, 3.8) is 0 Å². The second-order valence-corrected chi connectivity index (χ2v) is 6.41. The highest BCUT2D eigenvalue weighted by Gasteiger charge is 2.19. The van der Waals surface area contributed by atoms with Crippen molar-refractivity contribution in [1.29, 1.82) is 0 Å². The van der Waals surface area contributed by atoms with Crippen LogP contribution in [-0.2, 0) is 0 Å². The Morgan fingerprint density at radius 3 is 2.57 bits per heavy atom. The van der Waals surface area contributed by atoms with Gasteiger partial charge in [-0.1, -0.05) is 32.0 Å². The summed E-state index contributed by atoms with van der Waals surface area (Å²) in [6.07, 6.45) is 2.48.